The molecular weight excluding hydrogens is 304 g/mol. The summed E-state index contributed by atoms with van der Waals surface area (Å²) in [5.41, 5.74) is 9.87. The summed E-state index contributed by atoms with van der Waals surface area (Å²) in [5.74, 6) is 1.23. The Labute approximate surface area is 110 Å². The van der Waals surface area contributed by atoms with Gasteiger partial charge in [0.2, 0.25) is 7.37 Å². The second kappa shape index (κ2) is 9.72. The van der Waals surface area contributed by atoms with E-state index < -0.39 is 33.2 Å². The Morgan fingerprint density at radius 3 is 1.95 bits per heavy atom. The van der Waals surface area contributed by atoms with Gasteiger partial charge in [0.15, 0.2) is 0 Å². The molecule has 0 amide bonds. The molecule has 11 heteroatoms. The van der Waals surface area contributed by atoms with Gasteiger partial charge in [-0.25, -0.2) is 0 Å². The minimum absolute atomic E-state index is 0.294. The van der Waals surface area contributed by atoms with E-state index in [1.165, 1.54) is 18.6 Å². The van der Waals surface area contributed by atoms with Gasteiger partial charge in [-0.3, -0.25) is 9.13 Å². The third kappa shape index (κ3) is 14.1. The Bertz CT molecular complexity index is 361. The fraction of sp³-hybridized carbons (Fsp3) is 0.750. The number of nitrogens with two attached hydrogens (primary N) is 2. The maximum absolute atomic E-state index is 11.6. The van der Waals surface area contributed by atoms with E-state index in [0.717, 1.165) is 0 Å². The summed E-state index contributed by atoms with van der Waals surface area (Å²) in [4.78, 5) is 17.0. The van der Waals surface area contributed by atoms with Crippen molar-refractivity contribution >= 4 is 14.7 Å². The number of aliphatic hydroxyl groups excluding tert-OH is 1. The molecule has 0 fully saturated rings. The van der Waals surface area contributed by atoms with Crippen LogP contribution in [0.5, 0.6) is 0 Å². The van der Waals surface area contributed by atoms with Gasteiger partial charge in [0.25, 0.3) is 7.37 Å². The molecule has 3 unspecified atom stereocenters. The zero-order valence-corrected chi connectivity index (χ0v) is 12.2. The molecule has 0 saturated heterocycles. The minimum Gasteiger partial charge on any atom is -0.391 e. The Morgan fingerprint density at radius 1 is 1.26 bits per heavy atom. The van der Waals surface area contributed by atoms with E-state index in [1.54, 1.807) is 0 Å². The lowest BCUT2D eigenvalue weighted by Crippen LogP contribution is -2.24. The molecule has 0 spiro atoms. The van der Waals surface area contributed by atoms with Gasteiger partial charge < -0.3 is 26.4 Å². The molecule has 0 rings (SSSR count). The highest BCUT2D eigenvalue weighted by Crippen LogP contribution is 2.47. The van der Waals surface area contributed by atoms with E-state index in [4.69, 9.17) is 26.4 Å². The number of halogens is 2. The van der Waals surface area contributed by atoms with Crippen LogP contribution in [0.4, 0.5) is 8.78 Å². The molecule has 3 atom stereocenters. The van der Waals surface area contributed by atoms with Crippen LogP contribution in [0.1, 0.15) is 0 Å². The molecule has 19 heavy (non-hydrogen) atoms. The highest BCUT2D eigenvalue weighted by atomic mass is 31.2. The number of aliphatic hydroxyl groups is 1. The van der Waals surface area contributed by atoms with Crippen molar-refractivity contribution in [1.29, 1.82) is 0 Å². The van der Waals surface area contributed by atoms with Crippen LogP contribution >= 0.6 is 14.7 Å². The molecule has 0 aromatic carbocycles. The van der Waals surface area contributed by atoms with Crippen LogP contribution in [-0.4, -0.2) is 53.1 Å². The summed E-state index contributed by atoms with van der Waals surface area (Å²) in [5, 5.41) is 8.65. The molecule has 0 heterocycles. The van der Waals surface area contributed by atoms with Gasteiger partial charge in [0.1, 0.15) is 0 Å². The van der Waals surface area contributed by atoms with E-state index in [1.807, 2.05) is 0 Å². The number of rotatable bonds is 6. The summed E-state index contributed by atoms with van der Waals surface area (Å²) in [6.07, 6.45) is -4.01. The first-order chi connectivity index (χ1) is 8.46. The van der Waals surface area contributed by atoms with Crippen LogP contribution in [0.15, 0.2) is 11.9 Å². The summed E-state index contributed by atoms with van der Waals surface area (Å²) in [6, 6.07) is 0. The SMILES string of the molecule is CP(=O)(O)/C=C/CN.NCC(O)CP(=O)(O)C(F)F. The lowest BCUT2D eigenvalue weighted by Gasteiger charge is -2.12. The Balaban J connectivity index is 0. The molecule has 7 N–H and O–H groups in total. The molecule has 0 aromatic heterocycles. The van der Waals surface area contributed by atoms with Crippen molar-refractivity contribution in [2.24, 2.45) is 11.5 Å². The van der Waals surface area contributed by atoms with Crippen LogP contribution in [0.3, 0.4) is 0 Å². The van der Waals surface area contributed by atoms with Crippen LogP contribution < -0.4 is 11.5 Å². The molecular formula is C8H20F2N2O5P2. The molecule has 0 radical (unpaired) electrons. The number of hydrogen-bond acceptors (Lipinski definition) is 5. The maximum Gasteiger partial charge on any atom is 0.312 e. The van der Waals surface area contributed by atoms with Gasteiger partial charge in [-0.1, -0.05) is 6.08 Å². The van der Waals surface area contributed by atoms with Gasteiger partial charge in [0, 0.05) is 19.8 Å². The highest BCUT2D eigenvalue weighted by Gasteiger charge is 2.32. The fourth-order valence-corrected chi connectivity index (χ4v) is 2.14. The maximum atomic E-state index is 11.6. The highest BCUT2D eigenvalue weighted by molar-refractivity contribution is 7.60. The lowest BCUT2D eigenvalue weighted by molar-refractivity contribution is 0.183. The Hall–Kier alpha value is -0.140. The van der Waals surface area contributed by atoms with Gasteiger partial charge in [-0.15, -0.1) is 0 Å². The zero-order valence-electron chi connectivity index (χ0n) is 10.4. The van der Waals surface area contributed by atoms with Crippen LogP contribution in [0.2, 0.25) is 0 Å². The largest absolute Gasteiger partial charge is 0.391 e. The summed E-state index contributed by atoms with van der Waals surface area (Å²) in [7, 11) is -7.44. The number of alkyl halides is 2. The first-order valence-corrected chi connectivity index (χ1v) is 9.20. The molecule has 0 aliphatic heterocycles. The van der Waals surface area contributed by atoms with E-state index in [0.29, 0.717) is 6.54 Å². The van der Waals surface area contributed by atoms with E-state index in [-0.39, 0.29) is 6.54 Å². The Morgan fingerprint density at radius 2 is 1.74 bits per heavy atom. The Kier molecular flexibility index (Phi) is 10.8. The zero-order chi connectivity index (χ0) is 15.7. The predicted octanol–water partition coefficient (Wildman–Crippen LogP) is 0.158. The van der Waals surface area contributed by atoms with Crippen molar-refractivity contribution in [2.75, 3.05) is 25.9 Å². The summed E-state index contributed by atoms with van der Waals surface area (Å²) < 4.78 is 44.1. The third-order valence-electron chi connectivity index (χ3n) is 1.57. The van der Waals surface area contributed by atoms with Crippen LogP contribution in [-0.2, 0) is 9.13 Å². The van der Waals surface area contributed by atoms with Crippen LogP contribution in [0, 0.1) is 0 Å². The third-order valence-corrected chi connectivity index (χ3v) is 3.89. The lowest BCUT2D eigenvalue weighted by atomic mass is 10.4. The average Bonchev–Trinajstić information content (AvgIpc) is 2.25. The van der Waals surface area contributed by atoms with Crippen molar-refractivity contribution in [3.8, 4) is 0 Å². The van der Waals surface area contributed by atoms with Gasteiger partial charge in [0.05, 0.1) is 12.3 Å². The van der Waals surface area contributed by atoms with Crippen molar-refractivity contribution in [1.82, 2.24) is 0 Å². The first-order valence-electron chi connectivity index (χ1n) is 5.11. The monoisotopic (exact) mass is 324 g/mol. The van der Waals surface area contributed by atoms with Crippen molar-refractivity contribution in [3.05, 3.63) is 11.9 Å². The van der Waals surface area contributed by atoms with Crippen molar-refractivity contribution in [3.63, 3.8) is 0 Å². The summed E-state index contributed by atoms with van der Waals surface area (Å²) in [6.45, 7) is 1.29. The van der Waals surface area contributed by atoms with Gasteiger partial charge in [-0.2, -0.15) is 8.78 Å². The molecule has 0 bridgehead atoms. The van der Waals surface area contributed by atoms with Gasteiger partial charge in [-0.05, 0) is 5.82 Å². The van der Waals surface area contributed by atoms with E-state index in [9.17, 15) is 17.9 Å². The minimum atomic E-state index is -4.50. The van der Waals surface area contributed by atoms with Crippen LogP contribution in [0.25, 0.3) is 0 Å². The molecule has 0 aliphatic rings. The average molecular weight is 324 g/mol. The smallest absolute Gasteiger partial charge is 0.312 e. The second-order valence-electron chi connectivity index (χ2n) is 3.67. The normalized spacial score (nSPS) is 19.4. The fourth-order valence-electron chi connectivity index (χ4n) is 0.713. The topological polar surface area (TPSA) is 147 Å². The quantitative estimate of drug-likeness (QED) is 0.437. The van der Waals surface area contributed by atoms with E-state index >= 15 is 0 Å². The molecule has 0 aromatic rings. The standard InChI is InChI=1S/C4H10F2NO3P.C4H10NO2P/c5-4(6)11(9,10)2-3(8)1-7;1-8(6,7)4-2-3-5/h3-4,8H,1-2,7H2,(H,9,10);2,4H,3,5H2,1H3,(H,6,7)/b;4-2+. The molecule has 0 saturated carbocycles. The predicted molar refractivity (Wildman–Crippen MR) is 69.7 cm³/mol. The molecule has 7 nitrogen and oxygen atoms in total. The van der Waals surface area contributed by atoms with Gasteiger partial charge >= 0.3 is 6.17 Å². The second-order valence-corrected chi connectivity index (χ2v) is 8.12. The van der Waals surface area contributed by atoms with E-state index in [2.05, 4.69) is 0 Å². The van der Waals surface area contributed by atoms with Crippen molar-refractivity contribution in [2.45, 2.75) is 12.3 Å². The molecule has 116 valence electrons. The summed E-state index contributed by atoms with van der Waals surface area (Å²) >= 11 is 0. The number of hydrogen-bond donors (Lipinski definition) is 5. The van der Waals surface area contributed by atoms with Crippen molar-refractivity contribution < 1.29 is 32.8 Å². The first kappa shape index (κ1) is 21.2. The molecule has 0 aliphatic carbocycles.